The van der Waals surface area contributed by atoms with Gasteiger partial charge in [0.1, 0.15) is 5.75 Å². The van der Waals surface area contributed by atoms with Crippen molar-refractivity contribution in [2.45, 2.75) is 18.8 Å². The van der Waals surface area contributed by atoms with Crippen molar-refractivity contribution in [1.82, 2.24) is 5.32 Å². The van der Waals surface area contributed by atoms with Crippen molar-refractivity contribution in [2.24, 2.45) is 0 Å². The first-order valence-corrected chi connectivity index (χ1v) is 5.85. The molecule has 2 N–H and O–H groups in total. The molecule has 0 spiro atoms. The average Bonchev–Trinajstić information content (AvgIpc) is 2.35. The summed E-state index contributed by atoms with van der Waals surface area (Å²) in [5, 5.41) is 12.1. The Labute approximate surface area is 101 Å². The van der Waals surface area contributed by atoms with Gasteiger partial charge in [0.05, 0.1) is 12.5 Å². The smallest absolute Gasteiger partial charge is 0.312 e. The van der Waals surface area contributed by atoms with Gasteiger partial charge in [-0.25, -0.2) is 0 Å². The number of carboxylic acid groups (broad SMARTS) is 1. The summed E-state index contributed by atoms with van der Waals surface area (Å²) in [6, 6.07) is 5.69. The van der Waals surface area contributed by atoms with E-state index in [1.54, 1.807) is 7.05 Å². The molecule has 17 heavy (non-hydrogen) atoms. The number of fused-ring (bicyclic) bond motifs is 1. The lowest BCUT2D eigenvalue weighted by molar-refractivity contribution is -0.138. The van der Waals surface area contributed by atoms with Crippen molar-refractivity contribution >= 4 is 5.97 Å². The minimum absolute atomic E-state index is 0.439. The minimum atomic E-state index is -0.795. The predicted molar refractivity (Wildman–Crippen MR) is 64.6 cm³/mol. The molecule has 0 aromatic heterocycles. The maximum atomic E-state index is 11.2. The summed E-state index contributed by atoms with van der Waals surface area (Å²) < 4.78 is 5.52. The van der Waals surface area contributed by atoms with Crippen LogP contribution in [0.1, 0.15) is 23.5 Å². The molecule has 0 saturated heterocycles. The monoisotopic (exact) mass is 235 g/mol. The van der Waals surface area contributed by atoms with E-state index < -0.39 is 11.9 Å². The largest absolute Gasteiger partial charge is 0.493 e. The summed E-state index contributed by atoms with van der Waals surface area (Å²) in [4.78, 5) is 11.2. The zero-order valence-corrected chi connectivity index (χ0v) is 9.90. The van der Waals surface area contributed by atoms with E-state index in [1.165, 1.54) is 0 Å². The minimum Gasteiger partial charge on any atom is -0.493 e. The highest BCUT2D eigenvalue weighted by Crippen LogP contribution is 2.28. The van der Waals surface area contributed by atoms with Crippen LogP contribution in [0, 0.1) is 0 Å². The normalized spacial score (nSPS) is 15.8. The second-order valence-corrected chi connectivity index (χ2v) is 4.27. The van der Waals surface area contributed by atoms with Crippen LogP contribution in [0.3, 0.4) is 0 Å². The standard InChI is InChI=1S/C13H17NO3/c1-14-8-11(13(15)16)9-4-5-12-10(7-9)3-2-6-17-12/h4-5,7,11,14H,2-3,6,8H2,1H3,(H,15,16). The topological polar surface area (TPSA) is 58.6 Å². The SMILES string of the molecule is CNCC(C(=O)O)c1ccc2c(c1)CCCO2. The Hall–Kier alpha value is -1.55. The van der Waals surface area contributed by atoms with Crippen molar-refractivity contribution in [2.75, 3.05) is 20.2 Å². The van der Waals surface area contributed by atoms with Crippen LogP contribution in [0.4, 0.5) is 0 Å². The van der Waals surface area contributed by atoms with Gasteiger partial charge in [0, 0.05) is 6.54 Å². The zero-order chi connectivity index (χ0) is 12.3. The van der Waals surface area contributed by atoms with Crippen molar-refractivity contribution in [3.8, 4) is 5.75 Å². The molecule has 0 fully saturated rings. The van der Waals surface area contributed by atoms with Gasteiger partial charge in [0.15, 0.2) is 0 Å². The first-order chi connectivity index (χ1) is 8.22. The molecule has 1 atom stereocenters. The van der Waals surface area contributed by atoms with Gasteiger partial charge >= 0.3 is 5.97 Å². The van der Waals surface area contributed by atoms with Crippen LogP contribution in [0.5, 0.6) is 5.75 Å². The molecule has 0 radical (unpaired) electrons. The fourth-order valence-corrected chi connectivity index (χ4v) is 2.15. The molecule has 0 saturated carbocycles. The van der Waals surface area contributed by atoms with Gasteiger partial charge in [-0.2, -0.15) is 0 Å². The second-order valence-electron chi connectivity index (χ2n) is 4.27. The third-order valence-corrected chi connectivity index (χ3v) is 3.04. The Morgan fingerprint density at radius 1 is 1.59 bits per heavy atom. The van der Waals surface area contributed by atoms with Gasteiger partial charge in [-0.15, -0.1) is 0 Å². The van der Waals surface area contributed by atoms with Gasteiger partial charge < -0.3 is 15.2 Å². The van der Waals surface area contributed by atoms with Crippen LogP contribution in [0.2, 0.25) is 0 Å². The molecule has 1 heterocycles. The molecule has 1 aliphatic rings. The van der Waals surface area contributed by atoms with Gasteiger partial charge in [-0.1, -0.05) is 12.1 Å². The first-order valence-electron chi connectivity index (χ1n) is 5.85. The number of rotatable bonds is 4. The Kier molecular flexibility index (Phi) is 3.64. The number of aliphatic carboxylic acids is 1. The fraction of sp³-hybridized carbons (Fsp3) is 0.462. The molecule has 4 nitrogen and oxygen atoms in total. The number of carbonyl (C=O) groups is 1. The number of hydrogen-bond acceptors (Lipinski definition) is 3. The van der Waals surface area contributed by atoms with Crippen LogP contribution in [0.15, 0.2) is 18.2 Å². The Morgan fingerprint density at radius 3 is 3.12 bits per heavy atom. The van der Waals surface area contributed by atoms with E-state index in [2.05, 4.69) is 5.32 Å². The van der Waals surface area contributed by atoms with Crippen molar-refractivity contribution in [3.05, 3.63) is 29.3 Å². The molecule has 2 rings (SSSR count). The van der Waals surface area contributed by atoms with Crippen LogP contribution < -0.4 is 10.1 Å². The van der Waals surface area contributed by atoms with Crippen molar-refractivity contribution in [1.29, 1.82) is 0 Å². The quantitative estimate of drug-likeness (QED) is 0.828. The number of aryl methyl sites for hydroxylation is 1. The van der Waals surface area contributed by atoms with Gasteiger partial charge in [-0.05, 0) is 37.1 Å². The molecule has 1 unspecified atom stereocenters. The van der Waals surface area contributed by atoms with Crippen molar-refractivity contribution < 1.29 is 14.6 Å². The van der Waals surface area contributed by atoms with Gasteiger partial charge in [0.25, 0.3) is 0 Å². The van der Waals surface area contributed by atoms with Crippen LogP contribution in [0.25, 0.3) is 0 Å². The lowest BCUT2D eigenvalue weighted by atomic mass is 9.95. The number of ether oxygens (including phenoxy) is 1. The predicted octanol–water partition coefficient (Wildman–Crippen LogP) is 1.40. The maximum Gasteiger partial charge on any atom is 0.312 e. The Balaban J connectivity index is 2.28. The van der Waals surface area contributed by atoms with E-state index in [0.29, 0.717) is 6.54 Å². The van der Waals surface area contributed by atoms with E-state index in [0.717, 1.165) is 36.3 Å². The first kappa shape index (κ1) is 11.9. The number of likely N-dealkylation sites (N-methyl/N-ethyl adjacent to an activating group) is 1. The molecule has 1 aromatic rings. The highest BCUT2D eigenvalue weighted by Gasteiger charge is 2.21. The van der Waals surface area contributed by atoms with E-state index in [4.69, 9.17) is 4.74 Å². The maximum absolute atomic E-state index is 11.2. The van der Waals surface area contributed by atoms with E-state index in [-0.39, 0.29) is 0 Å². The third kappa shape index (κ3) is 2.58. The highest BCUT2D eigenvalue weighted by atomic mass is 16.5. The molecule has 0 bridgehead atoms. The molecule has 0 amide bonds. The summed E-state index contributed by atoms with van der Waals surface area (Å²) >= 11 is 0. The van der Waals surface area contributed by atoms with Crippen molar-refractivity contribution in [3.63, 3.8) is 0 Å². The van der Waals surface area contributed by atoms with Gasteiger partial charge in [0.2, 0.25) is 0 Å². The molecule has 1 aliphatic heterocycles. The molecule has 0 aliphatic carbocycles. The average molecular weight is 235 g/mol. The lowest BCUT2D eigenvalue weighted by Crippen LogP contribution is -2.24. The molecular formula is C13H17NO3. The Morgan fingerprint density at radius 2 is 2.41 bits per heavy atom. The molecule has 1 aromatic carbocycles. The second kappa shape index (κ2) is 5.19. The van der Waals surface area contributed by atoms with Crippen LogP contribution >= 0.6 is 0 Å². The number of nitrogens with one attached hydrogen (secondary N) is 1. The summed E-state index contributed by atoms with van der Waals surface area (Å²) in [7, 11) is 1.76. The summed E-state index contributed by atoms with van der Waals surface area (Å²) in [6.07, 6.45) is 1.97. The highest BCUT2D eigenvalue weighted by molar-refractivity contribution is 5.76. The van der Waals surface area contributed by atoms with Gasteiger partial charge in [-0.3, -0.25) is 4.79 Å². The van der Waals surface area contributed by atoms with E-state index in [9.17, 15) is 9.90 Å². The number of hydrogen-bond donors (Lipinski definition) is 2. The lowest BCUT2D eigenvalue weighted by Gasteiger charge is -2.20. The fourth-order valence-electron chi connectivity index (χ4n) is 2.15. The summed E-state index contributed by atoms with van der Waals surface area (Å²) in [5.41, 5.74) is 1.97. The third-order valence-electron chi connectivity index (χ3n) is 3.04. The summed E-state index contributed by atoms with van der Waals surface area (Å²) in [5.74, 6) is -0.392. The number of benzene rings is 1. The van der Waals surface area contributed by atoms with Crippen LogP contribution in [-0.2, 0) is 11.2 Å². The Bertz CT molecular complexity index is 417. The summed E-state index contributed by atoms with van der Waals surface area (Å²) in [6.45, 7) is 1.19. The van der Waals surface area contributed by atoms with E-state index in [1.807, 2.05) is 18.2 Å². The zero-order valence-electron chi connectivity index (χ0n) is 9.90. The molecule has 92 valence electrons. The number of carboxylic acids is 1. The molecule has 4 heteroatoms. The van der Waals surface area contributed by atoms with E-state index >= 15 is 0 Å². The van der Waals surface area contributed by atoms with Crippen LogP contribution in [-0.4, -0.2) is 31.3 Å². The molecular weight excluding hydrogens is 218 g/mol.